The third-order valence-electron chi connectivity index (χ3n) is 2.72. The van der Waals surface area contributed by atoms with Crippen molar-refractivity contribution >= 4 is 0 Å². The van der Waals surface area contributed by atoms with Crippen molar-refractivity contribution in [2.24, 2.45) is 5.41 Å². The molecule has 0 aromatic heterocycles. The van der Waals surface area contributed by atoms with Crippen molar-refractivity contribution in [3.63, 3.8) is 0 Å². The van der Waals surface area contributed by atoms with Gasteiger partial charge in [-0.3, -0.25) is 0 Å². The largest absolute Gasteiger partial charge is 0.309 e. The zero-order valence-corrected chi connectivity index (χ0v) is 8.78. The average Bonchev–Trinajstić information content (AvgIpc) is 2.03. The molecule has 1 aliphatic rings. The molecule has 1 rings (SSSR count). The van der Waals surface area contributed by atoms with Gasteiger partial charge in [0.05, 0.1) is 0 Å². The van der Waals surface area contributed by atoms with E-state index in [-0.39, 0.29) is 0 Å². The van der Waals surface area contributed by atoms with Crippen LogP contribution in [0.25, 0.3) is 0 Å². The van der Waals surface area contributed by atoms with Gasteiger partial charge < -0.3 is 5.32 Å². The van der Waals surface area contributed by atoms with Gasteiger partial charge in [-0.25, -0.2) is 0 Å². The lowest BCUT2D eigenvalue weighted by atomic mass is 9.82. The lowest BCUT2D eigenvalue weighted by Gasteiger charge is -2.34. The predicted octanol–water partition coefficient (Wildman–Crippen LogP) is 2.73. The van der Waals surface area contributed by atoms with Crippen molar-refractivity contribution in [1.29, 1.82) is 0 Å². The third-order valence-corrected chi connectivity index (χ3v) is 2.72. The molecule has 0 amide bonds. The van der Waals surface area contributed by atoms with E-state index in [1.54, 1.807) is 5.57 Å². The Morgan fingerprint density at radius 1 is 1.50 bits per heavy atom. The molecule has 0 aliphatic carbocycles. The minimum atomic E-state index is 0.399. The van der Waals surface area contributed by atoms with E-state index in [9.17, 15) is 0 Å². The minimum absolute atomic E-state index is 0.399. The lowest BCUT2D eigenvalue weighted by molar-refractivity contribution is 0.267. The standard InChI is InChI=1S/C11H21N/c1-5-9-6-7-10(12-8-9)11(2,3)4/h6,10,12H,5,7-8H2,1-4H3/t10-/m1/s1. The maximum Gasteiger partial charge on any atom is 0.0167 e. The molecule has 1 N–H and O–H groups in total. The Balaban J connectivity index is 2.52. The molecule has 0 spiro atoms. The van der Waals surface area contributed by atoms with Crippen LogP contribution in [0.2, 0.25) is 0 Å². The molecule has 12 heavy (non-hydrogen) atoms. The Kier molecular flexibility index (Phi) is 2.94. The van der Waals surface area contributed by atoms with Crippen LogP contribution in [0, 0.1) is 5.41 Å². The summed E-state index contributed by atoms with van der Waals surface area (Å²) in [5, 5.41) is 3.59. The topological polar surface area (TPSA) is 12.0 Å². The van der Waals surface area contributed by atoms with Crippen LogP contribution >= 0.6 is 0 Å². The highest BCUT2D eigenvalue weighted by atomic mass is 14.9. The molecule has 1 heterocycles. The summed E-state index contributed by atoms with van der Waals surface area (Å²) >= 11 is 0. The molecule has 0 aromatic rings. The van der Waals surface area contributed by atoms with Crippen molar-refractivity contribution in [1.82, 2.24) is 5.32 Å². The number of hydrogen-bond acceptors (Lipinski definition) is 1. The van der Waals surface area contributed by atoms with E-state index in [1.165, 1.54) is 12.8 Å². The number of hydrogen-bond donors (Lipinski definition) is 1. The maximum absolute atomic E-state index is 3.59. The van der Waals surface area contributed by atoms with Gasteiger partial charge in [0, 0.05) is 12.6 Å². The predicted molar refractivity (Wildman–Crippen MR) is 54.2 cm³/mol. The summed E-state index contributed by atoms with van der Waals surface area (Å²) in [5.41, 5.74) is 1.96. The summed E-state index contributed by atoms with van der Waals surface area (Å²) < 4.78 is 0. The summed E-state index contributed by atoms with van der Waals surface area (Å²) in [5.74, 6) is 0. The second kappa shape index (κ2) is 3.61. The summed E-state index contributed by atoms with van der Waals surface area (Å²) in [6, 6.07) is 0.660. The molecule has 1 aliphatic heterocycles. The fraction of sp³-hybridized carbons (Fsp3) is 0.818. The Morgan fingerprint density at radius 3 is 2.50 bits per heavy atom. The molecule has 0 saturated carbocycles. The van der Waals surface area contributed by atoms with Gasteiger partial charge in [-0.15, -0.1) is 0 Å². The molecule has 0 unspecified atom stereocenters. The first-order chi connectivity index (χ1) is 5.54. The number of nitrogens with one attached hydrogen (secondary N) is 1. The van der Waals surface area contributed by atoms with Gasteiger partial charge in [-0.05, 0) is 18.3 Å². The van der Waals surface area contributed by atoms with Crippen molar-refractivity contribution in [3.05, 3.63) is 11.6 Å². The Bertz CT molecular complexity index is 174. The van der Waals surface area contributed by atoms with Gasteiger partial charge in [0.1, 0.15) is 0 Å². The highest BCUT2D eigenvalue weighted by Gasteiger charge is 2.25. The summed E-state index contributed by atoms with van der Waals surface area (Å²) in [4.78, 5) is 0. The molecular weight excluding hydrogens is 146 g/mol. The fourth-order valence-electron chi connectivity index (χ4n) is 1.62. The molecule has 0 aromatic carbocycles. The SMILES string of the molecule is CCC1=CC[C@H](C(C)(C)C)NC1. The zero-order valence-electron chi connectivity index (χ0n) is 8.78. The van der Waals surface area contributed by atoms with Gasteiger partial charge in [0.2, 0.25) is 0 Å². The Labute approximate surface area is 76.2 Å². The molecular formula is C11H21N. The summed E-state index contributed by atoms with van der Waals surface area (Å²) in [6.07, 6.45) is 4.81. The Morgan fingerprint density at radius 2 is 2.17 bits per heavy atom. The van der Waals surface area contributed by atoms with Crippen molar-refractivity contribution < 1.29 is 0 Å². The molecule has 1 nitrogen and oxygen atoms in total. The second-order valence-corrected chi connectivity index (χ2v) is 4.75. The van der Waals surface area contributed by atoms with E-state index < -0.39 is 0 Å². The van der Waals surface area contributed by atoms with Crippen LogP contribution in [0.5, 0.6) is 0 Å². The van der Waals surface area contributed by atoms with Gasteiger partial charge in [-0.2, -0.15) is 0 Å². The normalized spacial score (nSPS) is 25.3. The highest BCUT2D eigenvalue weighted by Crippen LogP contribution is 2.25. The highest BCUT2D eigenvalue weighted by molar-refractivity contribution is 5.10. The third kappa shape index (κ3) is 2.34. The van der Waals surface area contributed by atoms with E-state index in [0.717, 1.165) is 6.54 Å². The minimum Gasteiger partial charge on any atom is -0.309 e. The van der Waals surface area contributed by atoms with Crippen LogP contribution in [-0.4, -0.2) is 12.6 Å². The van der Waals surface area contributed by atoms with Crippen LogP contribution in [-0.2, 0) is 0 Å². The fourth-order valence-corrected chi connectivity index (χ4v) is 1.62. The van der Waals surface area contributed by atoms with Gasteiger partial charge in [0.25, 0.3) is 0 Å². The first kappa shape index (κ1) is 9.79. The Hall–Kier alpha value is -0.300. The van der Waals surface area contributed by atoms with E-state index in [0.29, 0.717) is 11.5 Å². The smallest absolute Gasteiger partial charge is 0.0167 e. The first-order valence-corrected chi connectivity index (χ1v) is 4.95. The molecule has 1 atom stereocenters. The van der Waals surface area contributed by atoms with Crippen LogP contribution in [0.4, 0.5) is 0 Å². The van der Waals surface area contributed by atoms with E-state index in [4.69, 9.17) is 0 Å². The van der Waals surface area contributed by atoms with Crippen molar-refractivity contribution in [2.75, 3.05) is 6.54 Å². The van der Waals surface area contributed by atoms with Crippen molar-refractivity contribution in [3.8, 4) is 0 Å². The summed E-state index contributed by atoms with van der Waals surface area (Å²) in [6.45, 7) is 10.2. The molecule has 0 fully saturated rings. The number of rotatable bonds is 1. The first-order valence-electron chi connectivity index (χ1n) is 4.95. The molecule has 1 heteroatoms. The average molecular weight is 167 g/mol. The molecule has 0 bridgehead atoms. The van der Waals surface area contributed by atoms with E-state index in [1.807, 2.05) is 0 Å². The van der Waals surface area contributed by atoms with Crippen LogP contribution in [0.1, 0.15) is 40.5 Å². The quantitative estimate of drug-likeness (QED) is 0.592. The van der Waals surface area contributed by atoms with Gasteiger partial charge >= 0.3 is 0 Å². The molecule has 70 valence electrons. The zero-order chi connectivity index (χ0) is 9.19. The van der Waals surface area contributed by atoms with Crippen LogP contribution in [0.3, 0.4) is 0 Å². The molecule has 0 radical (unpaired) electrons. The van der Waals surface area contributed by atoms with Crippen LogP contribution < -0.4 is 5.32 Å². The van der Waals surface area contributed by atoms with Crippen LogP contribution in [0.15, 0.2) is 11.6 Å². The van der Waals surface area contributed by atoms with E-state index in [2.05, 4.69) is 39.1 Å². The molecule has 0 saturated heterocycles. The van der Waals surface area contributed by atoms with Crippen molar-refractivity contribution in [2.45, 2.75) is 46.6 Å². The van der Waals surface area contributed by atoms with Gasteiger partial charge in [-0.1, -0.05) is 39.3 Å². The maximum atomic E-state index is 3.59. The monoisotopic (exact) mass is 167 g/mol. The van der Waals surface area contributed by atoms with Gasteiger partial charge in [0.15, 0.2) is 0 Å². The summed E-state index contributed by atoms with van der Waals surface area (Å²) in [7, 11) is 0. The lowest BCUT2D eigenvalue weighted by Crippen LogP contribution is -2.43. The second-order valence-electron chi connectivity index (χ2n) is 4.75. The van der Waals surface area contributed by atoms with E-state index >= 15 is 0 Å².